The van der Waals surface area contributed by atoms with Crippen LogP contribution < -0.4 is 5.43 Å². The van der Waals surface area contributed by atoms with Gasteiger partial charge >= 0.3 is 6.18 Å². The second-order valence-corrected chi connectivity index (χ2v) is 8.17. The third kappa shape index (κ3) is 4.80. The van der Waals surface area contributed by atoms with Gasteiger partial charge in [-0.2, -0.15) is 18.3 Å². The number of nitrogens with one attached hydrogen (secondary N) is 1. The molecular formula is C22H23F3N2O. The van der Waals surface area contributed by atoms with E-state index < -0.39 is 11.7 Å². The van der Waals surface area contributed by atoms with E-state index in [0.29, 0.717) is 5.56 Å². The molecule has 3 nitrogen and oxygen atoms in total. The van der Waals surface area contributed by atoms with Crippen LogP contribution in [-0.2, 0) is 16.4 Å². The van der Waals surface area contributed by atoms with Gasteiger partial charge in [-0.15, -0.1) is 0 Å². The first-order chi connectivity index (χ1) is 13.1. The summed E-state index contributed by atoms with van der Waals surface area (Å²) in [5.41, 5.74) is 4.73. The van der Waals surface area contributed by atoms with Crippen LogP contribution in [0.4, 0.5) is 13.2 Å². The maximum absolute atomic E-state index is 12.5. The Hall–Kier alpha value is -2.63. The summed E-state index contributed by atoms with van der Waals surface area (Å²) in [6.45, 7) is 6.47. The van der Waals surface area contributed by atoms with Crippen molar-refractivity contribution in [2.75, 3.05) is 0 Å². The molecule has 2 aromatic rings. The molecule has 148 valence electrons. The van der Waals surface area contributed by atoms with Gasteiger partial charge in [0.05, 0.1) is 11.8 Å². The van der Waals surface area contributed by atoms with Crippen LogP contribution in [0.2, 0.25) is 0 Å². The van der Waals surface area contributed by atoms with Crippen molar-refractivity contribution >= 4 is 12.1 Å². The molecular weight excluding hydrogens is 365 g/mol. The predicted octanol–water partition coefficient (Wildman–Crippen LogP) is 5.26. The minimum atomic E-state index is -4.37. The van der Waals surface area contributed by atoms with Gasteiger partial charge in [0, 0.05) is 5.92 Å². The summed E-state index contributed by atoms with van der Waals surface area (Å²) in [6.07, 6.45) is -2.25. The average Bonchev–Trinajstić information content (AvgIpc) is 3.41. The van der Waals surface area contributed by atoms with Crippen molar-refractivity contribution in [1.29, 1.82) is 0 Å². The fourth-order valence-corrected chi connectivity index (χ4v) is 3.09. The number of halogens is 3. The third-order valence-electron chi connectivity index (χ3n) is 4.96. The third-order valence-corrected chi connectivity index (χ3v) is 4.96. The van der Waals surface area contributed by atoms with Crippen molar-refractivity contribution in [2.45, 2.75) is 44.7 Å². The lowest BCUT2D eigenvalue weighted by molar-refractivity contribution is -0.137. The van der Waals surface area contributed by atoms with Gasteiger partial charge in [-0.25, -0.2) is 5.43 Å². The summed E-state index contributed by atoms with van der Waals surface area (Å²) in [5.74, 6) is -0.103. The molecule has 2 aromatic carbocycles. The number of hydrogen-bond acceptors (Lipinski definition) is 2. The normalized spacial score (nSPS) is 19.6. The standard InChI is InChI=1S/C22H23F3N2O/c1-21(2,3)16-10-6-15(7-11-16)18-12-19(18)20(28)27-26-13-14-4-8-17(9-5-14)22(23,24)25/h4-11,13,18-19H,12H2,1-3H3,(H,27,28)/b26-13-/t18-,19-/m1/s1. The van der Waals surface area contributed by atoms with Crippen molar-refractivity contribution in [3.8, 4) is 0 Å². The van der Waals surface area contributed by atoms with Crippen molar-refractivity contribution in [3.63, 3.8) is 0 Å². The molecule has 0 unspecified atom stereocenters. The monoisotopic (exact) mass is 388 g/mol. The number of hydrogen-bond donors (Lipinski definition) is 1. The molecule has 1 saturated carbocycles. The zero-order valence-corrected chi connectivity index (χ0v) is 16.0. The maximum Gasteiger partial charge on any atom is 0.416 e. The Kier molecular flexibility index (Phi) is 5.33. The van der Waals surface area contributed by atoms with Crippen LogP contribution in [0.5, 0.6) is 0 Å². The molecule has 0 heterocycles. The summed E-state index contributed by atoms with van der Waals surface area (Å²) < 4.78 is 37.6. The van der Waals surface area contributed by atoms with Crippen LogP contribution in [0.3, 0.4) is 0 Å². The zero-order valence-electron chi connectivity index (χ0n) is 16.0. The average molecular weight is 388 g/mol. The molecule has 0 radical (unpaired) electrons. The fourth-order valence-electron chi connectivity index (χ4n) is 3.09. The van der Waals surface area contributed by atoms with E-state index in [1.165, 1.54) is 23.9 Å². The first-order valence-corrected chi connectivity index (χ1v) is 9.16. The largest absolute Gasteiger partial charge is 0.416 e. The lowest BCUT2D eigenvalue weighted by Gasteiger charge is -2.19. The number of carbonyl (C=O) groups excluding carboxylic acids is 1. The predicted molar refractivity (Wildman–Crippen MR) is 103 cm³/mol. The highest BCUT2D eigenvalue weighted by Gasteiger charge is 2.44. The molecule has 1 N–H and O–H groups in total. The summed E-state index contributed by atoms with van der Waals surface area (Å²) in [4.78, 5) is 12.2. The molecule has 1 aliphatic carbocycles. The van der Waals surface area contributed by atoms with E-state index in [9.17, 15) is 18.0 Å². The minimum Gasteiger partial charge on any atom is -0.273 e. The van der Waals surface area contributed by atoms with Gasteiger partial charge in [-0.05, 0) is 46.6 Å². The van der Waals surface area contributed by atoms with Crippen molar-refractivity contribution < 1.29 is 18.0 Å². The van der Waals surface area contributed by atoms with Crippen LogP contribution in [0.25, 0.3) is 0 Å². The van der Waals surface area contributed by atoms with Gasteiger partial charge in [0.25, 0.3) is 0 Å². The highest BCUT2D eigenvalue weighted by Crippen LogP contribution is 2.47. The molecule has 1 aliphatic rings. The Bertz CT molecular complexity index is 863. The van der Waals surface area contributed by atoms with E-state index in [1.807, 2.05) is 0 Å². The molecule has 0 aromatic heterocycles. The van der Waals surface area contributed by atoms with E-state index in [1.54, 1.807) is 0 Å². The molecule has 0 bridgehead atoms. The Labute approximate surface area is 162 Å². The number of hydrazone groups is 1. The molecule has 1 amide bonds. The van der Waals surface area contributed by atoms with Crippen LogP contribution in [0.15, 0.2) is 53.6 Å². The topological polar surface area (TPSA) is 41.5 Å². The van der Waals surface area contributed by atoms with Gasteiger partial charge in [0.15, 0.2) is 0 Å². The smallest absolute Gasteiger partial charge is 0.273 e. The highest BCUT2D eigenvalue weighted by atomic mass is 19.4. The number of alkyl halides is 3. The van der Waals surface area contributed by atoms with Crippen molar-refractivity contribution in [3.05, 3.63) is 70.8 Å². The van der Waals surface area contributed by atoms with Gasteiger partial charge in [-0.3, -0.25) is 4.79 Å². The molecule has 3 rings (SSSR count). The Morgan fingerprint density at radius 3 is 2.11 bits per heavy atom. The second-order valence-electron chi connectivity index (χ2n) is 8.17. The lowest BCUT2D eigenvalue weighted by Crippen LogP contribution is -2.20. The number of rotatable bonds is 4. The quantitative estimate of drug-likeness (QED) is 0.564. The number of amides is 1. The zero-order chi connectivity index (χ0) is 20.5. The maximum atomic E-state index is 12.5. The first-order valence-electron chi connectivity index (χ1n) is 9.16. The Morgan fingerprint density at radius 1 is 1.00 bits per heavy atom. The van der Waals surface area contributed by atoms with E-state index in [-0.39, 0.29) is 23.2 Å². The molecule has 1 fully saturated rings. The van der Waals surface area contributed by atoms with Crippen LogP contribution in [0, 0.1) is 5.92 Å². The Balaban J connectivity index is 1.53. The molecule has 28 heavy (non-hydrogen) atoms. The summed E-state index contributed by atoms with van der Waals surface area (Å²) in [6, 6.07) is 13.0. The van der Waals surface area contributed by atoms with Crippen LogP contribution in [0.1, 0.15) is 55.4 Å². The van der Waals surface area contributed by atoms with Crippen molar-refractivity contribution in [1.82, 2.24) is 5.43 Å². The van der Waals surface area contributed by atoms with Crippen LogP contribution >= 0.6 is 0 Å². The molecule has 2 atom stereocenters. The molecule has 0 saturated heterocycles. The summed E-state index contributed by atoms with van der Waals surface area (Å²) in [7, 11) is 0. The summed E-state index contributed by atoms with van der Waals surface area (Å²) >= 11 is 0. The van der Waals surface area contributed by atoms with E-state index >= 15 is 0 Å². The SMILES string of the molecule is CC(C)(C)c1ccc([C@H]2C[C@H]2C(=O)N/N=C\c2ccc(C(F)(F)F)cc2)cc1. The van der Waals surface area contributed by atoms with Gasteiger partial charge in [0.1, 0.15) is 0 Å². The van der Waals surface area contributed by atoms with E-state index in [2.05, 4.69) is 55.6 Å². The highest BCUT2D eigenvalue weighted by molar-refractivity contribution is 5.85. The van der Waals surface area contributed by atoms with Gasteiger partial charge < -0.3 is 0 Å². The molecule has 6 heteroatoms. The number of carbonyl (C=O) groups is 1. The van der Waals surface area contributed by atoms with E-state index in [4.69, 9.17) is 0 Å². The first kappa shape index (κ1) is 20.1. The van der Waals surface area contributed by atoms with Gasteiger partial charge in [0.2, 0.25) is 5.91 Å². The molecule has 0 aliphatic heterocycles. The van der Waals surface area contributed by atoms with Gasteiger partial charge in [-0.1, -0.05) is 57.2 Å². The fraction of sp³-hybridized carbons (Fsp3) is 0.364. The lowest BCUT2D eigenvalue weighted by atomic mass is 9.86. The minimum absolute atomic E-state index is 0.0892. The van der Waals surface area contributed by atoms with E-state index in [0.717, 1.165) is 24.1 Å². The Morgan fingerprint density at radius 2 is 1.57 bits per heavy atom. The summed E-state index contributed by atoms with van der Waals surface area (Å²) in [5, 5.41) is 3.86. The number of benzene rings is 2. The van der Waals surface area contributed by atoms with Crippen LogP contribution in [-0.4, -0.2) is 12.1 Å². The number of nitrogens with zero attached hydrogens (tertiary/aromatic N) is 1. The molecule has 0 spiro atoms. The second kappa shape index (κ2) is 7.41. The van der Waals surface area contributed by atoms with Crippen molar-refractivity contribution in [2.24, 2.45) is 11.0 Å².